The van der Waals surface area contributed by atoms with Crippen LogP contribution in [-0.4, -0.2) is 36.3 Å². The second-order valence-corrected chi connectivity index (χ2v) is 5.97. The van der Waals surface area contributed by atoms with Gasteiger partial charge in [-0.1, -0.05) is 13.8 Å². The second kappa shape index (κ2) is 3.91. The average molecular weight is 270 g/mol. The van der Waals surface area contributed by atoms with E-state index in [1.165, 1.54) is 7.05 Å². The van der Waals surface area contributed by atoms with Crippen molar-refractivity contribution in [3.05, 3.63) is 4.91 Å². The van der Waals surface area contributed by atoms with E-state index < -0.39 is 22.4 Å². The zero-order valence-electron chi connectivity index (χ0n) is 11.6. The van der Waals surface area contributed by atoms with Crippen LogP contribution in [0.3, 0.4) is 0 Å². The first-order valence-electron chi connectivity index (χ1n) is 6.16. The quantitative estimate of drug-likeness (QED) is 0.330. The third-order valence-electron chi connectivity index (χ3n) is 4.94. The summed E-state index contributed by atoms with van der Waals surface area (Å²) in [5.41, 5.74) is -2.55. The molecule has 1 aliphatic carbocycles. The lowest BCUT2D eigenvalue weighted by molar-refractivity contribution is -0.186. The summed E-state index contributed by atoms with van der Waals surface area (Å²) in [7, 11) is 1.39. The van der Waals surface area contributed by atoms with E-state index in [1.54, 1.807) is 0 Å². The molecule has 2 aliphatic rings. The van der Waals surface area contributed by atoms with Crippen LogP contribution < -0.4 is 0 Å². The summed E-state index contributed by atoms with van der Waals surface area (Å²) in [5.74, 6) is -0.967. The van der Waals surface area contributed by atoms with E-state index in [2.05, 4.69) is 5.29 Å². The Labute approximate surface area is 111 Å². The molecule has 19 heavy (non-hydrogen) atoms. The Morgan fingerprint density at radius 3 is 2.47 bits per heavy atom. The minimum atomic E-state index is -1.25. The summed E-state index contributed by atoms with van der Waals surface area (Å²) in [6.45, 7) is 5.24. The SMILES string of the molecule is CN(COC(=O)C12CCC(C)(C(=O)O1)C2(C)C)N=O. The van der Waals surface area contributed by atoms with E-state index in [1.807, 2.05) is 20.8 Å². The predicted molar refractivity (Wildman–Crippen MR) is 64.5 cm³/mol. The van der Waals surface area contributed by atoms with Gasteiger partial charge in [-0.25, -0.2) is 9.80 Å². The highest BCUT2D eigenvalue weighted by molar-refractivity contribution is 5.93. The molecule has 0 aromatic rings. The van der Waals surface area contributed by atoms with Crippen LogP contribution >= 0.6 is 0 Å². The summed E-state index contributed by atoms with van der Waals surface area (Å²) in [6.07, 6.45) is 1.04. The standard InChI is InChI=1S/C12H18N2O5/c1-10(2)11(3)5-6-12(10,19-8(11)15)9(16)18-7-14(4)13-17/h5-7H2,1-4H3. The van der Waals surface area contributed by atoms with E-state index in [0.717, 1.165) is 5.01 Å². The van der Waals surface area contributed by atoms with E-state index in [4.69, 9.17) is 9.47 Å². The zero-order chi connectivity index (χ0) is 14.5. The summed E-state index contributed by atoms with van der Waals surface area (Å²) in [6, 6.07) is 0. The van der Waals surface area contributed by atoms with Gasteiger partial charge in [0.1, 0.15) is 0 Å². The summed E-state index contributed by atoms with van der Waals surface area (Å²) in [5, 5.41) is 3.56. The molecule has 1 saturated carbocycles. The van der Waals surface area contributed by atoms with Crippen LogP contribution in [0.15, 0.2) is 5.29 Å². The fourth-order valence-corrected chi connectivity index (χ4v) is 2.99. The third-order valence-corrected chi connectivity index (χ3v) is 4.94. The largest absolute Gasteiger partial charge is 0.446 e. The van der Waals surface area contributed by atoms with Crippen molar-refractivity contribution in [3.8, 4) is 0 Å². The topological polar surface area (TPSA) is 85.3 Å². The van der Waals surface area contributed by atoms with Gasteiger partial charge in [0.25, 0.3) is 0 Å². The maximum absolute atomic E-state index is 12.3. The van der Waals surface area contributed by atoms with E-state index >= 15 is 0 Å². The van der Waals surface area contributed by atoms with Crippen LogP contribution in [0.1, 0.15) is 33.6 Å². The molecule has 106 valence electrons. The van der Waals surface area contributed by atoms with Crippen molar-refractivity contribution in [2.24, 2.45) is 16.1 Å². The van der Waals surface area contributed by atoms with E-state index in [9.17, 15) is 14.5 Å². The number of nitrogens with zero attached hydrogens (tertiary/aromatic N) is 2. The number of ether oxygens (including phenoxy) is 2. The van der Waals surface area contributed by atoms with Gasteiger partial charge in [0.05, 0.1) is 10.7 Å². The zero-order valence-corrected chi connectivity index (χ0v) is 11.6. The van der Waals surface area contributed by atoms with Crippen LogP contribution in [0.2, 0.25) is 0 Å². The molecule has 2 fully saturated rings. The Balaban J connectivity index is 2.22. The number of nitroso groups, excluding NO2 is 1. The van der Waals surface area contributed by atoms with Gasteiger partial charge in [-0.3, -0.25) is 4.79 Å². The monoisotopic (exact) mass is 270 g/mol. The molecular formula is C12H18N2O5. The first-order valence-corrected chi connectivity index (χ1v) is 6.16. The lowest BCUT2D eigenvalue weighted by Crippen LogP contribution is -2.49. The highest BCUT2D eigenvalue weighted by Crippen LogP contribution is 2.65. The molecule has 0 aromatic carbocycles. The summed E-state index contributed by atoms with van der Waals surface area (Å²) in [4.78, 5) is 34.5. The molecule has 2 bridgehead atoms. The molecular weight excluding hydrogens is 252 g/mol. The molecule has 2 rings (SSSR count). The molecule has 0 spiro atoms. The third kappa shape index (κ3) is 1.50. The smallest absolute Gasteiger partial charge is 0.352 e. The van der Waals surface area contributed by atoms with Crippen LogP contribution in [-0.2, 0) is 19.1 Å². The lowest BCUT2D eigenvalue weighted by atomic mass is 9.66. The van der Waals surface area contributed by atoms with Crippen LogP contribution in [0.5, 0.6) is 0 Å². The molecule has 2 atom stereocenters. The highest BCUT2D eigenvalue weighted by Gasteiger charge is 2.76. The van der Waals surface area contributed by atoms with E-state index in [-0.39, 0.29) is 12.7 Å². The molecule has 7 nitrogen and oxygen atoms in total. The molecule has 1 aliphatic heterocycles. The number of carbonyl (C=O) groups excluding carboxylic acids is 2. The number of rotatable bonds is 4. The minimum Gasteiger partial charge on any atom is -0.446 e. The fourth-order valence-electron chi connectivity index (χ4n) is 2.99. The number of hydrogen-bond donors (Lipinski definition) is 0. The Hall–Kier alpha value is -1.66. The van der Waals surface area contributed by atoms with Gasteiger partial charge in [-0.15, -0.1) is 4.91 Å². The molecule has 2 unspecified atom stereocenters. The average Bonchev–Trinajstić information content (AvgIpc) is 2.65. The Morgan fingerprint density at radius 2 is 2.05 bits per heavy atom. The van der Waals surface area contributed by atoms with Gasteiger partial charge in [-0.05, 0) is 19.8 Å². The molecule has 1 heterocycles. The van der Waals surface area contributed by atoms with Crippen molar-refractivity contribution in [3.63, 3.8) is 0 Å². The second-order valence-electron chi connectivity index (χ2n) is 5.97. The first-order chi connectivity index (χ1) is 8.71. The minimum absolute atomic E-state index is 0.256. The van der Waals surface area contributed by atoms with Crippen LogP contribution in [0.25, 0.3) is 0 Å². The Morgan fingerprint density at radius 1 is 1.42 bits per heavy atom. The number of hydrogen-bond acceptors (Lipinski definition) is 6. The lowest BCUT2D eigenvalue weighted by Gasteiger charge is -2.34. The Bertz CT molecular complexity index is 449. The fraction of sp³-hybridized carbons (Fsp3) is 0.833. The normalized spacial score (nSPS) is 34.8. The van der Waals surface area contributed by atoms with Gasteiger partial charge < -0.3 is 9.47 Å². The predicted octanol–water partition coefficient (Wildman–Crippen LogP) is 1.22. The van der Waals surface area contributed by atoms with Gasteiger partial charge in [0, 0.05) is 12.5 Å². The number of fused-ring (bicyclic) bond motifs is 2. The summed E-state index contributed by atoms with van der Waals surface area (Å²) >= 11 is 0. The van der Waals surface area contributed by atoms with Gasteiger partial charge >= 0.3 is 11.9 Å². The van der Waals surface area contributed by atoms with Crippen molar-refractivity contribution in [2.75, 3.05) is 13.8 Å². The maximum Gasteiger partial charge on any atom is 0.352 e. The van der Waals surface area contributed by atoms with Gasteiger partial charge in [0.15, 0.2) is 6.73 Å². The number of esters is 2. The van der Waals surface area contributed by atoms with Crippen molar-refractivity contribution >= 4 is 11.9 Å². The Kier molecular flexibility index (Phi) is 2.84. The maximum atomic E-state index is 12.3. The van der Waals surface area contributed by atoms with Crippen LogP contribution in [0.4, 0.5) is 0 Å². The molecule has 0 N–H and O–H groups in total. The first kappa shape index (κ1) is 13.8. The highest BCUT2D eigenvalue weighted by atomic mass is 16.6. The summed E-state index contributed by atoms with van der Waals surface area (Å²) < 4.78 is 10.4. The van der Waals surface area contributed by atoms with E-state index in [0.29, 0.717) is 12.8 Å². The molecule has 7 heteroatoms. The van der Waals surface area contributed by atoms with Crippen molar-refractivity contribution < 1.29 is 19.1 Å². The molecule has 0 aromatic heterocycles. The van der Waals surface area contributed by atoms with Crippen molar-refractivity contribution in [1.29, 1.82) is 0 Å². The van der Waals surface area contributed by atoms with Crippen molar-refractivity contribution in [1.82, 2.24) is 5.01 Å². The molecule has 1 saturated heterocycles. The van der Waals surface area contributed by atoms with Crippen LogP contribution in [0, 0.1) is 15.7 Å². The van der Waals surface area contributed by atoms with Crippen molar-refractivity contribution in [2.45, 2.75) is 39.2 Å². The number of carbonyl (C=O) groups is 2. The van der Waals surface area contributed by atoms with Gasteiger partial charge in [0.2, 0.25) is 5.60 Å². The molecule has 0 amide bonds. The van der Waals surface area contributed by atoms with Gasteiger partial charge in [-0.2, -0.15) is 0 Å². The molecule has 0 radical (unpaired) electrons.